The molecule has 0 unspecified atom stereocenters. The van der Waals surface area contributed by atoms with Crippen LogP contribution in [0.4, 0.5) is 13.2 Å². The average Bonchev–Trinajstić information content (AvgIpc) is 2.67. The van der Waals surface area contributed by atoms with Crippen LogP contribution in [0, 0.1) is 17.5 Å². The van der Waals surface area contributed by atoms with Gasteiger partial charge >= 0.3 is 0 Å². The van der Waals surface area contributed by atoms with Gasteiger partial charge in [0.25, 0.3) is 11.4 Å². The van der Waals surface area contributed by atoms with E-state index in [0.717, 1.165) is 23.7 Å². The van der Waals surface area contributed by atoms with Crippen LogP contribution in [-0.2, 0) is 11.3 Å². The van der Waals surface area contributed by atoms with Crippen LogP contribution < -0.4 is 21.8 Å². The van der Waals surface area contributed by atoms with Gasteiger partial charge in [0.15, 0.2) is 17.5 Å². The normalized spacial score (nSPS) is 10.1. The van der Waals surface area contributed by atoms with Crippen LogP contribution in [0.25, 0.3) is 11.3 Å². The monoisotopic (exact) mass is 418 g/mol. The first-order valence-corrected chi connectivity index (χ1v) is 8.47. The molecule has 0 aliphatic rings. The van der Waals surface area contributed by atoms with Crippen molar-refractivity contribution < 1.29 is 28.5 Å². The molecular weight excluding hydrogens is 401 g/mol. The Morgan fingerprint density at radius 1 is 1.13 bits per heavy atom. The third kappa shape index (κ3) is 5.53. The van der Waals surface area contributed by atoms with Crippen molar-refractivity contribution in [3.05, 3.63) is 87.5 Å². The minimum Gasteiger partial charge on any atom is -0.550 e. The van der Waals surface area contributed by atoms with Gasteiger partial charge in [0.1, 0.15) is 0 Å². The van der Waals surface area contributed by atoms with Gasteiger partial charge in [-0.25, -0.2) is 17.9 Å². The Kier molecular flexibility index (Phi) is 7.08. The zero-order chi connectivity index (χ0) is 22.4. The van der Waals surface area contributed by atoms with Crippen LogP contribution >= 0.6 is 0 Å². The number of carboxylic acids is 1. The number of hydrogen-bond donors (Lipinski definition) is 2. The van der Waals surface area contributed by atoms with Gasteiger partial charge in [0.2, 0.25) is 0 Å². The fourth-order valence-corrected chi connectivity index (χ4v) is 2.52. The maximum absolute atomic E-state index is 13.5. The Balaban J connectivity index is 0.000000735. The Morgan fingerprint density at radius 2 is 1.70 bits per heavy atom. The summed E-state index contributed by atoms with van der Waals surface area (Å²) in [5.74, 6) is -5.23. The van der Waals surface area contributed by atoms with Crippen molar-refractivity contribution in [2.45, 2.75) is 13.5 Å². The quantitative estimate of drug-likeness (QED) is 0.339. The lowest BCUT2D eigenvalue weighted by molar-refractivity contribution is -0.302. The summed E-state index contributed by atoms with van der Waals surface area (Å²) in [5.41, 5.74) is 6.55. The minimum absolute atomic E-state index is 0.00772. The number of carboxylic acid groups (broad SMARTS) is 1. The number of benzene rings is 2. The predicted molar refractivity (Wildman–Crippen MR) is 100 cm³/mol. The minimum atomic E-state index is -1.56. The van der Waals surface area contributed by atoms with E-state index in [9.17, 15) is 18.0 Å². The maximum atomic E-state index is 13.5. The van der Waals surface area contributed by atoms with Crippen molar-refractivity contribution in [2.24, 2.45) is 5.73 Å². The number of halogens is 3. The Morgan fingerprint density at radius 3 is 2.27 bits per heavy atom. The molecule has 0 amide bonds. The van der Waals surface area contributed by atoms with E-state index < -0.39 is 29.0 Å². The average molecular weight is 418 g/mol. The van der Waals surface area contributed by atoms with Gasteiger partial charge in [-0.05, 0) is 36.8 Å². The number of nitrogens with zero attached hydrogens (tertiary/aromatic N) is 2. The molecule has 0 radical (unpaired) electrons. The second kappa shape index (κ2) is 9.50. The van der Waals surface area contributed by atoms with Crippen LogP contribution in [0.3, 0.4) is 0 Å². The van der Waals surface area contributed by atoms with E-state index in [0.29, 0.717) is 11.1 Å². The molecule has 3 rings (SSSR count). The van der Waals surface area contributed by atoms with Crippen LogP contribution in [0.5, 0.6) is 0 Å². The molecule has 0 saturated carbocycles. The highest BCUT2D eigenvalue weighted by Gasteiger charge is 2.14. The predicted octanol–water partition coefficient (Wildman–Crippen LogP) is -0.403. The lowest BCUT2D eigenvalue weighted by Crippen LogP contribution is -2.46. The molecule has 7 nitrogen and oxygen atoms in total. The molecule has 0 spiro atoms. The summed E-state index contributed by atoms with van der Waals surface area (Å²) in [5, 5.41) is 18.6. The number of amidine groups is 1. The van der Waals surface area contributed by atoms with Crippen LogP contribution in [-0.4, -0.2) is 21.6 Å². The molecule has 1 heterocycles. The Hall–Kier alpha value is -3.95. The molecule has 1 aromatic heterocycles. The summed E-state index contributed by atoms with van der Waals surface area (Å²) in [6.07, 6.45) is 0. The number of aliphatic carboxylic acids is 1. The zero-order valence-corrected chi connectivity index (χ0v) is 15.7. The van der Waals surface area contributed by atoms with Crippen molar-refractivity contribution in [1.82, 2.24) is 9.78 Å². The van der Waals surface area contributed by atoms with E-state index in [4.69, 9.17) is 21.0 Å². The molecule has 2 aromatic carbocycles. The number of carbonyl (C=O) groups is 1. The van der Waals surface area contributed by atoms with Crippen molar-refractivity contribution in [3.63, 3.8) is 0 Å². The Labute approximate surface area is 168 Å². The summed E-state index contributed by atoms with van der Waals surface area (Å²) < 4.78 is 41.1. The van der Waals surface area contributed by atoms with E-state index >= 15 is 0 Å². The largest absolute Gasteiger partial charge is 0.550 e. The molecule has 4 N–H and O–H groups in total. The van der Waals surface area contributed by atoms with Gasteiger partial charge in [0, 0.05) is 17.6 Å². The van der Waals surface area contributed by atoms with E-state index in [1.54, 1.807) is 24.3 Å². The van der Waals surface area contributed by atoms with Crippen molar-refractivity contribution >= 4 is 11.8 Å². The lowest BCUT2D eigenvalue weighted by atomic mass is 10.1. The number of rotatable bonds is 4. The summed E-state index contributed by atoms with van der Waals surface area (Å²) in [4.78, 5) is 21.0. The maximum Gasteiger partial charge on any atom is 0.271 e. The van der Waals surface area contributed by atoms with Gasteiger partial charge in [0.05, 0.1) is 17.8 Å². The third-order valence-corrected chi connectivity index (χ3v) is 3.79. The van der Waals surface area contributed by atoms with Crippen molar-refractivity contribution in [2.75, 3.05) is 0 Å². The fraction of sp³-hybridized carbons (Fsp3) is 0.100. The molecule has 0 saturated heterocycles. The van der Waals surface area contributed by atoms with Gasteiger partial charge in [-0.15, -0.1) is 0 Å². The number of carbonyl (C=O) groups excluding carboxylic acids is 1. The summed E-state index contributed by atoms with van der Waals surface area (Å²) in [6, 6.07) is 11.1. The van der Waals surface area contributed by atoms with E-state index in [1.807, 2.05) is 0 Å². The molecule has 0 aliphatic carbocycles. The van der Waals surface area contributed by atoms with E-state index in [1.165, 1.54) is 12.1 Å². The van der Waals surface area contributed by atoms with E-state index in [2.05, 4.69) is 5.10 Å². The summed E-state index contributed by atoms with van der Waals surface area (Å²) in [6.45, 7) is 1.02. The fourth-order valence-electron chi connectivity index (χ4n) is 2.52. The third-order valence-electron chi connectivity index (χ3n) is 3.79. The molecule has 0 atom stereocenters. The first kappa shape index (κ1) is 22.3. The second-order valence-corrected chi connectivity index (χ2v) is 6.07. The van der Waals surface area contributed by atoms with Crippen molar-refractivity contribution in [1.29, 1.82) is 0 Å². The smallest absolute Gasteiger partial charge is 0.271 e. The Bertz CT molecular complexity index is 1140. The molecule has 156 valence electrons. The molecule has 0 bridgehead atoms. The number of nitrogens with two attached hydrogens (primary N) is 2. The van der Waals surface area contributed by atoms with Crippen LogP contribution in [0.1, 0.15) is 18.1 Å². The lowest BCUT2D eigenvalue weighted by Gasteiger charge is -2.10. The first-order chi connectivity index (χ1) is 14.1. The molecule has 0 fully saturated rings. The zero-order valence-electron chi connectivity index (χ0n) is 15.7. The standard InChI is InChI=1S/C18H13F3N4O.C2H4O2/c19-13-7-11(8-14(20)17(13)21)15-5-6-16(26)25(24-15)9-10-3-1-2-4-12(10)18(22)23;1-2(3)4/h1-8H,9H2,(H3,22,23);1H3,(H,3,4). The first-order valence-electron chi connectivity index (χ1n) is 8.47. The second-order valence-electron chi connectivity index (χ2n) is 6.07. The van der Waals surface area contributed by atoms with Gasteiger partial charge < -0.3 is 9.90 Å². The molecule has 3 aromatic rings. The molecule has 30 heavy (non-hydrogen) atoms. The van der Waals surface area contributed by atoms with Gasteiger partial charge in [-0.1, -0.05) is 18.2 Å². The molecule has 10 heteroatoms. The topological polar surface area (TPSA) is 127 Å². The highest BCUT2D eigenvalue weighted by atomic mass is 19.2. The number of aromatic nitrogens is 2. The number of hydrogen-bond acceptors (Lipinski definition) is 4. The van der Waals surface area contributed by atoms with Gasteiger partial charge in [-0.3, -0.25) is 15.9 Å². The molecule has 0 aliphatic heterocycles. The highest BCUT2D eigenvalue weighted by Crippen LogP contribution is 2.21. The summed E-state index contributed by atoms with van der Waals surface area (Å²) in [7, 11) is 0. The van der Waals surface area contributed by atoms with Crippen molar-refractivity contribution in [3.8, 4) is 11.3 Å². The highest BCUT2D eigenvalue weighted by molar-refractivity contribution is 5.94. The van der Waals surface area contributed by atoms with Gasteiger partial charge in [-0.2, -0.15) is 5.10 Å². The summed E-state index contributed by atoms with van der Waals surface area (Å²) >= 11 is 0. The van der Waals surface area contributed by atoms with E-state index in [-0.39, 0.29) is 23.6 Å². The molecular formula is C20H17F3N4O3. The SMILES string of the molecule is CC(=O)[O-].NC(=[NH2+])c1ccccc1Cn1nc(-c2cc(F)c(F)c(F)c2)ccc1=O. The van der Waals surface area contributed by atoms with Crippen LogP contribution in [0.15, 0.2) is 53.3 Å². The van der Waals surface area contributed by atoms with Crippen LogP contribution in [0.2, 0.25) is 0 Å².